The van der Waals surface area contributed by atoms with Crippen molar-refractivity contribution in [1.82, 2.24) is 0 Å². The zero-order valence-corrected chi connectivity index (χ0v) is 15.6. The highest BCUT2D eigenvalue weighted by Crippen LogP contribution is 2.53. The maximum absolute atomic E-state index is 13.7. The summed E-state index contributed by atoms with van der Waals surface area (Å²) in [5.74, 6) is -7.80. The van der Waals surface area contributed by atoms with Crippen LogP contribution in [0.3, 0.4) is 0 Å². The molecule has 7 nitrogen and oxygen atoms in total. The van der Waals surface area contributed by atoms with Crippen molar-refractivity contribution in [3.05, 3.63) is 0 Å². The summed E-state index contributed by atoms with van der Waals surface area (Å²) >= 11 is 0. The summed E-state index contributed by atoms with van der Waals surface area (Å²) in [5, 5.41) is -7.79. The highest BCUT2D eigenvalue weighted by atomic mass is 32.3. The van der Waals surface area contributed by atoms with Gasteiger partial charge in [-0.15, -0.1) is 3.63 Å². The van der Waals surface area contributed by atoms with Gasteiger partial charge < -0.3 is 0 Å². The van der Waals surface area contributed by atoms with Crippen LogP contribution in [-0.4, -0.2) is 60.4 Å². The van der Waals surface area contributed by atoms with Gasteiger partial charge in [0.05, 0.1) is 0 Å². The zero-order chi connectivity index (χ0) is 27.3. The molecule has 0 aromatic rings. The Kier molecular flexibility index (Phi) is 8.35. The first-order valence-electron chi connectivity index (χ1n) is 6.49. The largest absolute Gasteiger partial charge is 0.504 e. The topological polar surface area (TPSA) is 103 Å². The standard InChI is InChI=1S/C8H3F16NO6S2/c9-1(10)2(11)29-5(16,17)3(12,4(13,14)15)30-6(18,19)7(20,21)33(27,28)31-32(25,26)8(22,23)24/h1-2,25H. The molecule has 0 heterocycles. The van der Waals surface area contributed by atoms with Crippen molar-refractivity contribution in [1.29, 1.82) is 4.78 Å². The normalized spacial score (nSPS) is 19.8. The van der Waals surface area contributed by atoms with E-state index in [2.05, 4.69) is 0 Å². The fourth-order valence-corrected chi connectivity index (χ4v) is 3.13. The van der Waals surface area contributed by atoms with E-state index in [1.54, 1.807) is 0 Å². The second kappa shape index (κ2) is 8.71. The summed E-state index contributed by atoms with van der Waals surface area (Å²) in [5.41, 5.74) is -6.74. The van der Waals surface area contributed by atoms with E-state index >= 15 is 0 Å². The molecule has 1 N–H and O–H groups in total. The Hall–Kier alpha value is -1.34. The third-order valence-electron chi connectivity index (χ3n) is 2.61. The van der Waals surface area contributed by atoms with Gasteiger partial charge >= 0.3 is 45.1 Å². The number of rotatable bonds is 10. The van der Waals surface area contributed by atoms with E-state index in [0.29, 0.717) is 0 Å². The molecule has 0 aliphatic heterocycles. The number of nitrogens with one attached hydrogen (secondary N) is 1. The van der Waals surface area contributed by atoms with Gasteiger partial charge in [0, 0.05) is 0 Å². The molecule has 0 radical (unpaired) electrons. The van der Waals surface area contributed by atoms with Gasteiger partial charge in [0.15, 0.2) is 0 Å². The van der Waals surface area contributed by atoms with Crippen LogP contribution in [0.4, 0.5) is 70.2 Å². The Morgan fingerprint density at radius 3 is 1.39 bits per heavy atom. The molecule has 0 rings (SSSR count). The highest BCUT2D eigenvalue weighted by molar-refractivity contribution is 8.01. The molecule has 0 bridgehead atoms. The van der Waals surface area contributed by atoms with Crippen molar-refractivity contribution in [2.45, 2.75) is 47.8 Å². The van der Waals surface area contributed by atoms with Crippen molar-refractivity contribution in [2.24, 2.45) is 0 Å². The fourth-order valence-electron chi connectivity index (χ4n) is 1.14. The average Bonchev–Trinajstić information content (AvgIpc) is 2.49. The molecule has 33 heavy (non-hydrogen) atoms. The predicted octanol–water partition coefficient (Wildman–Crippen LogP) is 4.41. The minimum Gasteiger partial charge on any atom is -0.275 e. The average molecular weight is 577 g/mol. The van der Waals surface area contributed by atoms with E-state index in [0.717, 1.165) is 0 Å². The van der Waals surface area contributed by atoms with Crippen LogP contribution in [0.25, 0.3) is 0 Å². The minimum atomic E-state index is -8.26. The molecule has 0 aliphatic rings. The van der Waals surface area contributed by atoms with Gasteiger partial charge in [0.2, 0.25) is 0 Å². The first-order chi connectivity index (χ1) is 14.0. The minimum absolute atomic E-state index is 1.43. The lowest BCUT2D eigenvalue weighted by Crippen LogP contribution is -2.65. The molecule has 0 aromatic heterocycles. The molecule has 0 spiro atoms. The Balaban J connectivity index is 6.54. The summed E-state index contributed by atoms with van der Waals surface area (Å²) in [6.45, 7) is 0. The number of hydrogen-bond donors (Lipinski definition) is 1. The van der Waals surface area contributed by atoms with Crippen molar-refractivity contribution in [3.63, 3.8) is 0 Å². The van der Waals surface area contributed by atoms with Crippen molar-refractivity contribution in [3.8, 4) is 0 Å². The number of alkyl halides is 16. The van der Waals surface area contributed by atoms with Crippen molar-refractivity contribution in [2.75, 3.05) is 0 Å². The molecule has 0 fully saturated rings. The molecule has 200 valence electrons. The van der Waals surface area contributed by atoms with Crippen molar-refractivity contribution < 1.29 is 96.0 Å². The van der Waals surface area contributed by atoms with E-state index in [4.69, 9.17) is 4.78 Å². The number of halogens is 16. The lowest BCUT2D eigenvalue weighted by atomic mass is 10.2. The van der Waals surface area contributed by atoms with Gasteiger partial charge in [-0.05, 0) is 0 Å². The van der Waals surface area contributed by atoms with Crippen LogP contribution < -0.4 is 0 Å². The van der Waals surface area contributed by atoms with Crippen molar-refractivity contribution >= 4 is 20.1 Å². The molecular weight excluding hydrogens is 574 g/mol. The van der Waals surface area contributed by atoms with E-state index in [-0.39, 0.29) is 0 Å². The lowest BCUT2D eigenvalue weighted by molar-refractivity contribution is -0.521. The Morgan fingerprint density at radius 2 is 1.09 bits per heavy atom. The molecule has 0 aromatic carbocycles. The van der Waals surface area contributed by atoms with Gasteiger partial charge in [-0.3, -0.25) is 9.47 Å². The molecule has 0 aliphatic carbocycles. The summed E-state index contributed by atoms with van der Waals surface area (Å²) in [4.78, 5) is 0. The first-order valence-corrected chi connectivity index (χ1v) is 9.38. The third-order valence-corrected chi connectivity index (χ3v) is 5.57. The summed E-state index contributed by atoms with van der Waals surface area (Å²) in [6.07, 6.45) is -32.9. The maximum atomic E-state index is 13.7. The van der Waals surface area contributed by atoms with Gasteiger partial charge in [-0.1, -0.05) is 0 Å². The Morgan fingerprint density at radius 1 is 0.697 bits per heavy atom. The van der Waals surface area contributed by atoms with E-state index in [1.165, 1.54) is 4.74 Å². The second-order valence-electron chi connectivity index (χ2n) is 5.02. The van der Waals surface area contributed by atoms with Gasteiger partial charge in [-0.2, -0.15) is 65.5 Å². The molecule has 0 amide bonds. The fraction of sp³-hybridized carbons (Fsp3) is 1.00. The molecule has 25 heteroatoms. The molecule has 0 saturated carbocycles. The molecule has 3 atom stereocenters. The molecule has 0 saturated heterocycles. The maximum Gasteiger partial charge on any atom is 0.504 e. The predicted molar refractivity (Wildman–Crippen MR) is 64.7 cm³/mol. The summed E-state index contributed by atoms with van der Waals surface area (Å²) in [6, 6.07) is 0. The van der Waals surface area contributed by atoms with Gasteiger partial charge in [-0.25, -0.2) is 22.2 Å². The lowest BCUT2D eigenvalue weighted by Gasteiger charge is -2.37. The first kappa shape index (κ1) is 31.7. The van der Waals surface area contributed by atoms with E-state index in [9.17, 15) is 82.9 Å². The summed E-state index contributed by atoms with van der Waals surface area (Å²) in [7, 11) is -15.6. The Bertz CT molecular complexity index is 910. The van der Waals surface area contributed by atoms with Crippen LogP contribution in [0.15, 0.2) is 0 Å². The SMILES string of the molecule is N=S(=O)(OS(=O)(=O)C(F)(F)C(F)(F)OC(F)(C(F)(F)F)C(F)(F)OC(F)C(F)F)C(F)(F)F. The second-order valence-corrected chi connectivity index (χ2v) is 8.46. The number of hydrogen-bond acceptors (Lipinski definition) is 7. The monoisotopic (exact) mass is 577 g/mol. The van der Waals surface area contributed by atoms with Crippen LogP contribution in [0, 0.1) is 4.78 Å². The quantitative estimate of drug-likeness (QED) is 0.386. The molecule has 3 unspecified atom stereocenters. The van der Waals surface area contributed by atoms with Gasteiger partial charge in [0.1, 0.15) is 0 Å². The van der Waals surface area contributed by atoms with E-state index < -0.39 is 67.9 Å². The summed E-state index contributed by atoms with van der Waals surface area (Å²) < 4.78 is 247. The number of ether oxygens (including phenoxy) is 2. The highest BCUT2D eigenvalue weighted by Gasteiger charge is 2.82. The van der Waals surface area contributed by atoms with Gasteiger partial charge in [0.25, 0.3) is 22.8 Å². The van der Waals surface area contributed by atoms with Crippen LogP contribution >= 0.6 is 0 Å². The van der Waals surface area contributed by atoms with Crippen LogP contribution in [-0.2, 0) is 33.2 Å². The van der Waals surface area contributed by atoms with Crippen LogP contribution in [0.1, 0.15) is 0 Å². The zero-order valence-electron chi connectivity index (χ0n) is 14.0. The Labute approximate surface area is 169 Å². The molecular formula is C8H3F16NO6S2. The van der Waals surface area contributed by atoms with Crippen LogP contribution in [0.5, 0.6) is 0 Å². The smallest absolute Gasteiger partial charge is 0.275 e. The third kappa shape index (κ3) is 6.02. The van der Waals surface area contributed by atoms with E-state index in [1.807, 2.05) is 8.37 Å². The van der Waals surface area contributed by atoms with Crippen LogP contribution in [0.2, 0.25) is 0 Å².